The minimum atomic E-state index is -0.00828. The number of ether oxygens (including phenoxy) is 1. The van der Waals surface area contributed by atoms with Gasteiger partial charge in [-0.2, -0.15) is 0 Å². The molecule has 2 amide bonds. The maximum Gasteiger partial charge on any atom is 0.224 e. The Balaban J connectivity index is 1.44. The normalized spacial score (nSPS) is 12.9. The number of hydrogen-bond donors (Lipinski definition) is 2. The third-order valence-corrected chi connectivity index (χ3v) is 4.92. The molecule has 0 unspecified atom stereocenters. The molecule has 136 valence electrons. The van der Waals surface area contributed by atoms with Crippen molar-refractivity contribution in [1.82, 2.24) is 0 Å². The number of fused-ring (bicyclic) bond motifs is 1. The van der Waals surface area contributed by atoms with Crippen molar-refractivity contribution in [3.05, 3.63) is 51.1 Å². The molecule has 0 aliphatic carbocycles. The zero-order valence-electron chi connectivity index (χ0n) is 14.6. The van der Waals surface area contributed by atoms with Crippen LogP contribution in [-0.2, 0) is 16.0 Å². The van der Waals surface area contributed by atoms with E-state index in [-0.39, 0.29) is 11.8 Å². The molecule has 0 atom stereocenters. The van der Waals surface area contributed by atoms with E-state index in [2.05, 4.69) is 33.2 Å². The van der Waals surface area contributed by atoms with Crippen molar-refractivity contribution in [3.8, 4) is 5.75 Å². The topological polar surface area (TPSA) is 67.4 Å². The summed E-state index contributed by atoms with van der Waals surface area (Å²) in [5, 5.41) is 5.80. The molecule has 2 aromatic rings. The first-order valence-electron chi connectivity index (χ1n) is 8.63. The monoisotopic (exact) mass is 464 g/mol. The van der Waals surface area contributed by atoms with Crippen molar-refractivity contribution < 1.29 is 14.3 Å². The molecule has 0 spiro atoms. The number of amides is 2. The van der Waals surface area contributed by atoms with Gasteiger partial charge in [0.25, 0.3) is 0 Å². The zero-order chi connectivity index (χ0) is 18.5. The molecule has 2 N–H and O–H groups in total. The minimum absolute atomic E-state index is 0.00828. The number of anilines is 2. The van der Waals surface area contributed by atoms with Crippen LogP contribution in [0.3, 0.4) is 0 Å². The summed E-state index contributed by atoms with van der Waals surface area (Å²) < 4.78 is 6.89. The maximum atomic E-state index is 12.1. The maximum absolute atomic E-state index is 12.1. The summed E-state index contributed by atoms with van der Waals surface area (Å²) in [6.07, 6.45) is 2.29. The molecule has 0 fully saturated rings. The number of halogens is 1. The van der Waals surface area contributed by atoms with Gasteiger partial charge in [-0.3, -0.25) is 9.59 Å². The molecule has 0 aromatic heterocycles. The standard InChI is InChI=1S/C20H21IN2O3/c1-13-11-15(21)5-7-17(13)22-19(24)3-2-10-26-16-6-8-18-14(12-16)4-9-20(25)23-18/h5-8,11-12H,2-4,9-10H2,1H3,(H,22,24)(H,23,25). The van der Waals surface area contributed by atoms with E-state index in [0.29, 0.717) is 25.9 Å². The van der Waals surface area contributed by atoms with Gasteiger partial charge in [0, 0.05) is 27.8 Å². The Morgan fingerprint density at radius 2 is 2.08 bits per heavy atom. The van der Waals surface area contributed by atoms with Gasteiger partial charge in [0.1, 0.15) is 5.75 Å². The van der Waals surface area contributed by atoms with Crippen LogP contribution < -0.4 is 15.4 Å². The first-order valence-corrected chi connectivity index (χ1v) is 9.71. The lowest BCUT2D eigenvalue weighted by Gasteiger charge is -2.17. The summed E-state index contributed by atoms with van der Waals surface area (Å²) in [4.78, 5) is 23.4. The van der Waals surface area contributed by atoms with Crippen LogP contribution >= 0.6 is 22.6 Å². The van der Waals surface area contributed by atoms with E-state index < -0.39 is 0 Å². The molecule has 1 aliphatic heterocycles. The quantitative estimate of drug-likeness (QED) is 0.496. The number of carbonyl (C=O) groups is 2. The number of hydrogen-bond acceptors (Lipinski definition) is 3. The van der Waals surface area contributed by atoms with Crippen molar-refractivity contribution in [2.45, 2.75) is 32.6 Å². The van der Waals surface area contributed by atoms with Crippen LogP contribution in [0.2, 0.25) is 0 Å². The Morgan fingerprint density at radius 1 is 1.23 bits per heavy atom. The molecule has 2 aromatic carbocycles. The van der Waals surface area contributed by atoms with Crippen LogP contribution in [0.25, 0.3) is 0 Å². The summed E-state index contributed by atoms with van der Waals surface area (Å²) in [7, 11) is 0. The molecule has 6 heteroatoms. The Morgan fingerprint density at radius 3 is 2.88 bits per heavy atom. The molecule has 0 saturated carbocycles. The first kappa shape index (κ1) is 18.7. The van der Waals surface area contributed by atoms with Crippen molar-refractivity contribution in [2.24, 2.45) is 0 Å². The predicted octanol–water partition coefficient (Wildman–Crippen LogP) is 4.28. The van der Waals surface area contributed by atoms with Gasteiger partial charge in [-0.15, -0.1) is 0 Å². The first-order chi connectivity index (χ1) is 12.5. The van der Waals surface area contributed by atoms with Crippen LogP contribution in [0.15, 0.2) is 36.4 Å². The lowest BCUT2D eigenvalue weighted by molar-refractivity contribution is -0.117. The average Bonchev–Trinajstić information content (AvgIpc) is 2.61. The third-order valence-electron chi connectivity index (χ3n) is 4.25. The molecular formula is C20H21IN2O3. The van der Waals surface area contributed by atoms with Gasteiger partial charge in [0.05, 0.1) is 6.61 Å². The minimum Gasteiger partial charge on any atom is -0.494 e. The third kappa shape index (κ3) is 4.97. The number of carbonyl (C=O) groups excluding carboxylic acids is 2. The zero-order valence-corrected chi connectivity index (χ0v) is 16.8. The van der Waals surface area contributed by atoms with Crippen LogP contribution in [0.4, 0.5) is 11.4 Å². The molecule has 5 nitrogen and oxygen atoms in total. The Kier molecular flexibility index (Phi) is 6.13. The van der Waals surface area contributed by atoms with Gasteiger partial charge >= 0.3 is 0 Å². The second-order valence-corrected chi connectivity index (χ2v) is 7.57. The van der Waals surface area contributed by atoms with E-state index in [9.17, 15) is 9.59 Å². The molecular weight excluding hydrogens is 443 g/mol. The molecule has 1 heterocycles. The van der Waals surface area contributed by atoms with E-state index in [0.717, 1.165) is 38.2 Å². The second kappa shape index (κ2) is 8.53. The molecule has 1 aliphatic rings. The fourth-order valence-electron chi connectivity index (χ4n) is 2.85. The van der Waals surface area contributed by atoms with Gasteiger partial charge in [-0.25, -0.2) is 0 Å². The summed E-state index contributed by atoms with van der Waals surface area (Å²) in [6.45, 7) is 2.46. The van der Waals surface area contributed by atoms with Crippen molar-refractivity contribution in [1.29, 1.82) is 0 Å². The number of benzene rings is 2. The number of rotatable bonds is 6. The fraction of sp³-hybridized carbons (Fsp3) is 0.300. The van der Waals surface area contributed by atoms with Crippen LogP contribution in [-0.4, -0.2) is 18.4 Å². The Labute approximate surface area is 166 Å². The van der Waals surface area contributed by atoms with Crippen LogP contribution in [0.1, 0.15) is 30.4 Å². The highest BCUT2D eigenvalue weighted by molar-refractivity contribution is 14.1. The van der Waals surface area contributed by atoms with Gasteiger partial charge in [0.2, 0.25) is 11.8 Å². The molecule has 26 heavy (non-hydrogen) atoms. The molecule has 0 saturated heterocycles. The largest absolute Gasteiger partial charge is 0.494 e. The predicted molar refractivity (Wildman–Crippen MR) is 111 cm³/mol. The van der Waals surface area contributed by atoms with E-state index in [1.54, 1.807) is 0 Å². The summed E-state index contributed by atoms with van der Waals surface area (Å²) in [6, 6.07) is 11.6. The van der Waals surface area contributed by atoms with Gasteiger partial charge in [-0.05, 0) is 89.9 Å². The van der Waals surface area contributed by atoms with Crippen molar-refractivity contribution in [3.63, 3.8) is 0 Å². The van der Waals surface area contributed by atoms with Gasteiger partial charge < -0.3 is 15.4 Å². The molecule has 0 radical (unpaired) electrons. The van der Waals surface area contributed by atoms with Gasteiger partial charge in [0.15, 0.2) is 0 Å². The van der Waals surface area contributed by atoms with E-state index >= 15 is 0 Å². The Bertz CT molecular complexity index is 836. The highest BCUT2D eigenvalue weighted by Gasteiger charge is 2.15. The summed E-state index contributed by atoms with van der Waals surface area (Å²) in [5.41, 5.74) is 3.87. The molecule has 3 rings (SSSR count). The van der Waals surface area contributed by atoms with Crippen molar-refractivity contribution in [2.75, 3.05) is 17.2 Å². The lowest BCUT2D eigenvalue weighted by Crippen LogP contribution is -2.18. The Hall–Kier alpha value is -2.09. The van der Waals surface area contributed by atoms with Crippen LogP contribution in [0, 0.1) is 10.5 Å². The van der Waals surface area contributed by atoms with E-state index in [4.69, 9.17) is 4.74 Å². The fourth-order valence-corrected chi connectivity index (χ4v) is 3.50. The van der Waals surface area contributed by atoms with Crippen molar-refractivity contribution >= 4 is 45.8 Å². The summed E-state index contributed by atoms with van der Waals surface area (Å²) >= 11 is 2.25. The highest BCUT2D eigenvalue weighted by atomic mass is 127. The average molecular weight is 464 g/mol. The lowest BCUT2D eigenvalue weighted by atomic mass is 10.0. The number of aryl methyl sites for hydroxylation is 2. The SMILES string of the molecule is Cc1cc(I)ccc1NC(=O)CCCOc1ccc2c(c1)CCC(=O)N2. The van der Waals surface area contributed by atoms with Crippen LogP contribution in [0.5, 0.6) is 5.75 Å². The summed E-state index contributed by atoms with van der Waals surface area (Å²) in [5.74, 6) is 0.820. The van der Waals surface area contributed by atoms with E-state index in [1.165, 1.54) is 0 Å². The second-order valence-electron chi connectivity index (χ2n) is 6.33. The van der Waals surface area contributed by atoms with Gasteiger partial charge in [-0.1, -0.05) is 0 Å². The number of nitrogens with one attached hydrogen (secondary N) is 2. The molecule has 0 bridgehead atoms. The highest BCUT2D eigenvalue weighted by Crippen LogP contribution is 2.27. The van der Waals surface area contributed by atoms with E-state index in [1.807, 2.05) is 43.3 Å². The smallest absolute Gasteiger partial charge is 0.224 e.